The Hall–Kier alpha value is -2.15. The number of aromatic hydroxyl groups is 1. The third kappa shape index (κ3) is 5.42. The van der Waals surface area contributed by atoms with Crippen LogP contribution in [0.1, 0.15) is 5.56 Å². The molecule has 1 amide bonds. The number of carbonyl (C=O) groups is 1. The summed E-state index contributed by atoms with van der Waals surface area (Å²) in [6, 6.07) is 7.48. The molecular formula is C16H13Cl3N2O4. The molecule has 0 saturated carbocycles. The van der Waals surface area contributed by atoms with Gasteiger partial charge in [0.15, 0.2) is 18.1 Å². The van der Waals surface area contributed by atoms with Crippen LogP contribution < -0.4 is 14.9 Å². The van der Waals surface area contributed by atoms with Gasteiger partial charge in [-0.1, -0.05) is 34.8 Å². The lowest BCUT2D eigenvalue weighted by atomic mass is 10.2. The van der Waals surface area contributed by atoms with E-state index in [9.17, 15) is 9.90 Å². The van der Waals surface area contributed by atoms with E-state index in [1.807, 2.05) is 0 Å². The second kappa shape index (κ2) is 8.80. The maximum atomic E-state index is 11.7. The third-order valence-corrected chi connectivity index (χ3v) is 3.96. The highest BCUT2D eigenvalue weighted by atomic mass is 35.5. The van der Waals surface area contributed by atoms with Crippen LogP contribution >= 0.6 is 34.8 Å². The summed E-state index contributed by atoms with van der Waals surface area (Å²) in [6.07, 6.45) is 1.39. The molecule has 2 rings (SSSR count). The molecule has 0 aromatic heterocycles. The van der Waals surface area contributed by atoms with Gasteiger partial charge in [-0.3, -0.25) is 4.79 Å². The van der Waals surface area contributed by atoms with Crippen LogP contribution in [-0.4, -0.2) is 30.9 Å². The lowest BCUT2D eigenvalue weighted by Gasteiger charge is -2.08. The van der Waals surface area contributed by atoms with E-state index < -0.39 is 5.91 Å². The fourth-order valence-corrected chi connectivity index (χ4v) is 2.34. The van der Waals surface area contributed by atoms with Crippen LogP contribution in [0.15, 0.2) is 35.4 Å². The first-order valence-electron chi connectivity index (χ1n) is 6.87. The number of hydrogen-bond acceptors (Lipinski definition) is 5. The molecule has 0 saturated heterocycles. The quantitative estimate of drug-likeness (QED) is 0.436. The van der Waals surface area contributed by atoms with Gasteiger partial charge in [0.25, 0.3) is 5.91 Å². The number of amides is 1. The molecule has 2 aromatic carbocycles. The van der Waals surface area contributed by atoms with Gasteiger partial charge in [-0.05, 0) is 29.8 Å². The van der Waals surface area contributed by atoms with Crippen molar-refractivity contribution in [3.05, 3.63) is 51.0 Å². The van der Waals surface area contributed by atoms with Crippen LogP contribution in [-0.2, 0) is 4.79 Å². The fraction of sp³-hybridized carbons (Fsp3) is 0.125. The van der Waals surface area contributed by atoms with Crippen molar-refractivity contribution in [2.24, 2.45) is 5.10 Å². The Balaban J connectivity index is 1.90. The number of ether oxygens (including phenoxy) is 2. The van der Waals surface area contributed by atoms with Crippen molar-refractivity contribution in [1.29, 1.82) is 0 Å². The van der Waals surface area contributed by atoms with Crippen molar-refractivity contribution in [1.82, 2.24) is 5.43 Å². The number of carbonyl (C=O) groups excluding carboxylic acids is 1. The van der Waals surface area contributed by atoms with Gasteiger partial charge in [-0.25, -0.2) is 5.43 Å². The van der Waals surface area contributed by atoms with E-state index in [1.165, 1.54) is 31.5 Å². The van der Waals surface area contributed by atoms with Crippen molar-refractivity contribution in [3.63, 3.8) is 0 Å². The molecule has 2 aromatic rings. The first-order valence-corrected chi connectivity index (χ1v) is 8.00. The van der Waals surface area contributed by atoms with E-state index in [4.69, 9.17) is 44.3 Å². The van der Waals surface area contributed by atoms with Crippen molar-refractivity contribution < 1.29 is 19.4 Å². The average molecular weight is 404 g/mol. The minimum absolute atomic E-state index is 0.00981. The SMILES string of the molecule is COc1cc(C=NNC(=O)COc2cc(Cl)c(Cl)cc2Cl)ccc1O. The minimum Gasteiger partial charge on any atom is -0.504 e. The predicted molar refractivity (Wildman–Crippen MR) is 97.4 cm³/mol. The van der Waals surface area contributed by atoms with Crippen molar-refractivity contribution in [2.45, 2.75) is 0 Å². The predicted octanol–water partition coefficient (Wildman–Crippen LogP) is 3.89. The summed E-state index contributed by atoms with van der Waals surface area (Å²) in [5, 5.41) is 14.1. The molecule has 0 bridgehead atoms. The Bertz CT molecular complexity index is 812. The van der Waals surface area contributed by atoms with Gasteiger partial charge in [0.1, 0.15) is 5.75 Å². The van der Waals surface area contributed by atoms with Crippen LogP contribution in [0.25, 0.3) is 0 Å². The number of methoxy groups -OCH3 is 1. The summed E-state index contributed by atoms with van der Waals surface area (Å²) in [7, 11) is 1.43. The number of phenolic OH excluding ortho intramolecular Hbond substituents is 1. The highest BCUT2D eigenvalue weighted by molar-refractivity contribution is 6.43. The third-order valence-electron chi connectivity index (χ3n) is 2.94. The number of phenols is 1. The number of nitrogens with one attached hydrogen (secondary N) is 1. The van der Waals surface area contributed by atoms with E-state index in [0.717, 1.165) is 0 Å². The van der Waals surface area contributed by atoms with E-state index in [-0.39, 0.29) is 33.2 Å². The summed E-state index contributed by atoms with van der Waals surface area (Å²) < 4.78 is 10.3. The van der Waals surface area contributed by atoms with Crippen molar-refractivity contribution in [2.75, 3.05) is 13.7 Å². The number of hydrazone groups is 1. The monoisotopic (exact) mass is 402 g/mol. The molecule has 0 aliphatic rings. The minimum atomic E-state index is -0.496. The Morgan fingerprint density at radius 3 is 2.60 bits per heavy atom. The average Bonchev–Trinajstić information content (AvgIpc) is 2.58. The summed E-state index contributed by atoms with van der Waals surface area (Å²) in [4.78, 5) is 11.7. The van der Waals surface area contributed by atoms with E-state index in [2.05, 4.69) is 10.5 Å². The largest absolute Gasteiger partial charge is 0.504 e. The molecular weight excluding hydrogens is 391 g/mol. The van der Waals surface area contributed by atoms with Gasteiger partial charge in [0.05, 0.1) is 28.4 Å². The van der Waals surface area contributed by atoms with Gasteiger partial charge >= 0.3 is 0 Å². The van der Waals surface area contributed by atoms with E-state index in [0.29, 0.717) is 11.3 Å². The van der Waals surface area contributed by atoms with Crippen molar-refractivity contribution in [3.8, 4) is 17.2 Å². The van der Waals surface area contributed by atoms with E-state index >= 15 is 0 Å². The van der Waals surface area contributed by atoms with Crippen LogP contribution in [0, 0.1) is 0 Å². The van der Waals surface area contributed by atoms with Gasteiger partial charge in [0.2, 0.25) is 0 Å². The van der Waals surface area contributed by atoms with Gasteiger partial charge in [0, 0.05) is 6.07 Å². The summed E-state index contributed by atoms with van der Waals surface area (Å²) in [5.74, 6) is 0.0473. The zero-order valence-electron chi connectivity index (χ0n) is 12.9. The molecule has 0 heterocycles. The Labute approximate surface area is 158 Å². The second-order valence-electron chi connectivity index (χ2n) is 4.71. The molecule has 9 heteroatoms. The molecule has 2 N–H and O–H groups in total. The van der Waals surface area contributed by atoms with Crippen LogP contribution in [0.5, 0.6) is 17.2 Å². The standard InChI is InChI=1S/C16H13Cl3N2O4/c1-24-15-4-9(2-3-13(15)22)7-20-21-16(23)8-25-14-6-11(18)10(17)5-12(14)19/h2-7,22H,8H2,1H3,(H,21,23). The highest BCUT2D eigenvalue weighted by Crippen LogP contribution is 2.33. The zero-order valence-corrected chi connectivity index (χ0v) is 15.2. The van der Waals surface area contributed by atoms with Crippen LogP contribution in [0.2, 0.25) is 15.1 Å². The summed E-state index contributed by atoms with van der Waals surface area (Å²) >= 11 is 17.6. The maximum absolute atomic E-state index is 11.7. The molecule has 0 spiro atoms. The molecule has 0 radical (unpaired) electrons. The van der Waals surface area contributed by atoms with Gasteiger partial charge < -0.3 is 14.6 Å². The first kappa shape index (κ1) is 19.2. The Morgan fingerprint density at radius 1 is 1.16 bits per heavy atom. The lowest BCUT2D eigenvalue weighted by Crippen LogP contribution is -2.24. The fourth-order valence-electron chi connectivity index (χ4n) is 1.74. The molecule has 25 heavy (non-hydrogen) atoms. The molecule has 0 unspecified atom stereocenters. The topological polar surface area (TPSA) is 80.2 Å². The number of rotatable bonds is 6. The Morgan fingerprint density at radius 2 is 1.88 bits per heavy atom. The van der Waals surface area contributed by atoms with E-state index in [1.54, 1.807) is 12.1 Å². The normalized spacial score (nSPS) is 10.7. The van der Waals surface area contributed by atoms with Crippen LogP contribution in [0.4, 0.5) is 0 Å². The first-order chi connectivity index (χ1) is 11.9. The lowest BCUT2D eigenvalue weighted by molar-refractivity contribution is -0.123. The number of nitrogens with zero attached hydrogens (tertiary/aromatic N) is 1. The molecule has 6 nitrogen and oxygen atoms in total. The Kier molecular flexibility index (Phi) is 6.75. The number of benzene rings is 2. The molecule has 0 fully saturated rings. The number of halogens is 3. The number of hydrogen-bond donors (Lipinski definition) is 2. The van der Waals surface area contributed by atoms with Gasteiger partial charge in [-0.2, -0.15) is 5.10 Å². The molecule has 0 aliphatic carbocycles. The molecule has 132 valence electrons. The molecule has 0 aliphatic heterocycles. The summed E-state index contributed by atoms with van der Waals surface area (Å²) in [6.45, 7) is -0.312. The smallest absolute Gasteiger partial charge is 0.277 e. The van der Waals surface area contributed by atoms with Crippen molar-refractivity contribution >= 4 is 46.9 Å². The second-order valence-corrected chi connectivity index (χ2v) is 5.93. The highest BCUT2D eigenvalue weighted by Gasteiger charge is 2.09. The zero-order chi connectivity index (χ0) is 18.4. The van der Waals surface area contributed by atoms with Crippen LogP contribution in [0.3, 0.4) is 0 Å². The maximum Gasteiger partial charge on any atom is 0.277 e. The van der Waals surface area contributed by atoms with Gasteiger partial charge in [-0.15, -0.1) is 0 Å². The summed E-state index contributed by atoms with van der Waals surface area (Å²) in [5.41, 5.74) is 2.93. The molecule has 0 atom stereocenters.